The third-order valence-corrected chi connectivity index (χ3v) is 5.97. The summed E-state index contributed by atoms with van der Waals surface area (Å²) in [6, 6.07) is 8.20. The lowest BCUT2D eigenvalue weighted by molar-refractivity contribution is -0.130. The van der Waals surface area contributed by atoms with E-state index in [4.69, 9.17) is 4.74 Å². The Labute approximate surface area is 143 Å². The predicted octanol–water partition coefficient (Wildman–Crippen LogP) is 3.14. The Morgan fingerprint density at radius 3 is 2.52 bits per heavy atom. The molecule has 2 aliphatic heterocycles. The lowest BCUT2D eigenvalue weighted by atomic mass is 10.2. The summed E-state index contributed by atoms with van der Waals surface area (Å²) < 4.78 is 5.51. The lowest BCUT2D eigenvalue weighted by Gasteiger charge is -2.26. The number of benzene rings is 1. The van der Waals surface area contributed by atoms with Crippen LogP contribution >= 0.6 is 11.8 Å². The van der Waals surface area contributed by atoms with E-state index >= 15 is 0 Å². The normalized spacial score (nSPS) is 25.3. The first-order valence-electron chi connectivity index (χ1n) is 8.60. The smallest absolute Gasteiger partial charge is 0.236 e. The van der Waals surface area contributed by atoms with Crippen molar-refractivity contribution in [3.63, 3.8) is 0 Å². The van der Waals surface area contributed by atoms with Crippen LogP contribution in [0, 0.1) is 0 Å². The highest BCUT2D eigenvalue weighted by Gasteiger charge is 2.38. The molecule has 0 spiro atoms. The third-order valence-electron chi connectivity index (χ3n) is 4.58. The average molecular weight is 334 g/mol. The van der Waals surface area contributed by atoms with Crippen LogP contribution in [0.3, 0.4) is 0 Å². The minimum Gasteiger partial charge on any atom is -0.494 e. The number of amides is 1. The molecule has 5 heteroatoms. The fourth-order valence-electron chi connectivity index (χ4n) is 3.31. The number of nitrogens with zero attached hydrogens (tertiary/aromatic N) is 2. The minimum absolute atomic E-state index is 0.0464. The van der Waals surface area contributed by atoms with Gasteiger partial charge in [0.15, 0.2) is 0 Å². The number of carbonyl (C=O) groups excluding carboxylic acids is 1. The van der Waals surface area contributed by atoms with Crippen LogP contribution in [0.4, 0.5) is 0 Å². The second-order valence-corrected chi connectivity index (χ2v) is 7.64. The molecule has 0 radical (unpaired) electrons. The maximum atomic E-state index is 12.5. The average Bonchev–Trinajstić information content (AvgIpc) is 3.16. The van der Waals surface area contributed by atoms with Gasteiger partial charge in [-0.15, -0.1) is 11.8 Å². The highest BCUT2D eigenvalue weighted by molar-refractivity contribution is 8.01. The molecule has 0 bridgehead atoms. The maximum Gasteiger partial charge on any atom is 0.236 e. The number of hydrogen-bond donors (Lipinski definition) is 0. The summed E-state index contributed by atoms with van der Waals surface area (Å²) in [6.07, 6.45) is 2.59. The molecule has 2 fully saturated rings. The molecule has 2 atom stereocenters. The first-order valence-corrected chi connectivity index (χ1v) is 9.54. The van der Waals surface area contributed by atoms with Gasteiger partial charge in [0.1, 0.15) is 11.1 Å². The molecule has 1 aromatic rings. The Bertz CT molecular complexity index is 528. The van der Waals surface area contributed by atoms with E-state index in [9.17, 15) is 4.79 Å². The number of carbonyl (C=O) groups is 1. The standard InChI is InChI=1S/C18H26N2O2S/c1-3-22-16-8-6-15(7-9-16)18-20(17(21)14(2)23-18)13-12-19-10-4-5-11-19/h6-9,14,18H,3-5,10-13H2,1-2H3/t14-,18+/m0/s1. The van der Waals surface area contributed by atoms with Crippen molar-refractivity contribution in [2.75, 3.05) is 32.8 Å². The van der Waals surface area contributed by atoms with Crippen molar-refractivity contribution in [2.24, 2.45) is 0 Å². The van der Waals surface area contributed by atoms with Crippen molar-refractivity contribution < 1.29 is 9.53 Å². The molecule has 23 heavy (non-hydrogen) atoms. The minimum atomic E-state index is 0.0464. The van der Waals surface area contributed by atoms with E-state index in [0.717, 1.165) is 18.8 Å². The molecule has 3 rings (SSSR count). The second-order valence-electron chi connectivity index (χ2n) is 6.21. The summed E-state index contributed by atoms with van der Waals surface area (Å²) >= 11 is 1.75. The second kappa shape index (κ2) is 7.58. The van der Waals surface area contributed by atoms with Crippen molar-refractivity contribution >= 4 is 17.7 Å². The largest absolute Gasteiger partial charge is 0.494 e. The van der Waals surface area contributed by atoms with Gasteiger partial charge in [-0.25, -0.2) is 0 Å². The summed E-state index contributed by atoms with van der Waals surface area (Å²) in [7, 11) is 0. The molecule has 2 saturated heterocycles. The third kappa shape index (κ3) is 3.83. The molecule has 2 heterocycles. The summed E-state index contributed by atoms with van der Waals surface area (Å²) in [5.41, 5.74) is 1.19. The molecule has 0 aromatic heterocycles. The Morgan fingerprint density at radius 2 is 1.87 bits per heavy atom. The number of likely N-dealkylation sites (tertiary alicyclic amines) is 1. The van der Waals surface area contributed by atoms with Crippen LogP contribution in [0.5, 0.6) is 5.75 Å². The van der Waals surface area contributed by atoms with Crippen LogP contribution in [0.1, 0.15) is 37.6 Å². The van der Waals surface area contributed by atoms with Crippen LogP contribution in [-0.2, 0) is 4.79 Å². The van der Waals surface area contributed by atoms with Crippen molar-refractivity contribution in [2.45, 2.75) is 37.3 Å². The molecule has 4 nitrogen and oxygen atoms in total. The van der Waals surface area contributed by atoms with Crippen molar-refractivity contribution in [1.29, 1.82) is 0 Å². The van der Waals surface area contributed by atoms with Gasteiger partial charge in [-0.05, 0) is 57.5 Å². The van der Waals surface area contributed by atoms with Gasteiger partial charge in [-0.1, -0.05) is 12.1 Å². The van der Waals surface area contributed by atoms with Gasteiger partial charge in [-0.3, -0.25) is 4.79 Å². The van der Waals surface area contributed by atoms with E-state index in [0.29, 0.717) is 6.61 Å². The van der Waals surface area contributed by atoms with E-state index < -0.39 is 0 Å². The molecular formula is C18H26N2O2S. The number of ether oxygens (including phenoxy) is 1. The fourth-order valence-corrected chi connectivity index (χ4v) is 4.62. The van der Waals surface area contributed by atoms with E-state index in [1.165, 1.54) is 31.5 Å². The summed E-state index contributed by atoms with van der Waals surface area (Å²) in [5, 5.41) is 0.181. The molecule has 126 valence electrons. The quantitative estimate of drug-likeness (QED) is 0.800. The molecule has 0 aliphatic carbocycles. The van der Waals surface area contributed by atoms with Gasteiger partial charge >= 0.3 is 0 Å². The van der Waals surface area contributed by atoms with Gasteiger partial charge in [0.2, 0.25) is 5.91 Å². The van der Waals surface area contributed by atoms with Crippen molar-refractivity contribution in [3.05, 3.63) is 29.8 Å². The van der Waals surface area contributed by atoms with Gasteiger partial charge in [0, 0.05) is 13.1 Å². The summed E-state index contributed by atoms with van der Waals surface area (Å²) in [5.74, 6) is 1.16. The first-order chi connectivity index (χ1) is 11.2. The highest BCUT2D eigenvalue weighted by Crippen LogP contribution is 2.43. The van der Waals surface area contributed by atoms with Crippen LogP contribution in [0.15, 0.2) is 24.3 Å². The number of thioether (sulfide) groups is 1. The maximum absolute atomic E-state index is 12.5. The predicted molar refractivity (Wildman–Crippen MR) is 94.8 cm³/mol. The fraction of sp³-hybridized carbons (Fsp3) is 0.611. The van der Waals surface area contributed by atoms with E-state index in [-0.39, 0.29) is 16.5 Å². The first kappa shape index (κ1) is 16.7. The van der Waals surface area contributed by atoms with Crippen LogP contribution in [0.25, 0.3) is 0 Å². The topological polar surface area (TPSA) is 32.8 Å². The lowest BCUT2D eigenvalue weighted by Crippen LogP contribution is -2.37. The monoisotopic (exact) mass is 334 g/mol. The Kier molecular flexibility index (Phi) is 5.49. The summed E-state index contributed by atoms with van der Waals surface area (Å²) in [6.45, 7) is 8.86. The Balaban J connectivity index is 1.68. The molecule has 0 saturated carbocycles. The summed E-state index contributed by atoms with van der Waals surface area (Å²) in [4.78, 5) is 17.1. The number of rotatable bonds is 6. The SMILES string of the molecule is CCOc1ccc([C@H]2S[C@@H](C)C(=O)N2CCN2CCCC2)cc1. The highest BCUT2D eigenvalue weighted by atomic mass is 32.2. The van der Waals surface area contributed by atoms with Gasteiger partial charge in [0.05, 0.1) is 11.9 Å². The molecule has 2 aliphatic rings. The zero-order chi connectivity index (χ0) is 16.2. The van der Waals surface area contributed by atoms with Crippen molar-refractivity contribution in [1.82, 2.24) is 9.80 Å². The van der Waals surface area contributed by atoms with Gasteiger partial charge in [0.25, 0.3) is 0 Å². The molecule has 0 N–H and O–H groups in total. The number of hydrogen-bond acceptors (Lipinski definition) is 4. The van der Waals surface area contributed by atoms with Crippen LogP contribution < -0.4 is 4.74 Å². The Hall–Kier alpha value is -1.20. The zero-order valence-corrected chi connectivity index (χ0v) is 14.8. The molecule has 1 aromatic carbocycles. The van der Waals surface area contributed by atoms with Crippen molar-refractivity contribution in [3.8, 4) is 5.75 Å². The molecule has 1 amide bonds. The molecular weight excluding hydrogens is 308 g/mol. The zero-order valence-electron chi connectivity index (χ0n) is 14.0. The van der Waals surface area contributed by atoms with E-state index in [2.05, 4.69) is 21.9 Å². The van der Waals surface area contributed by atoms with Gasteiger partial charge < -0.3 is 14.5 Å². The molecule has 0 unspecified atom stereocenters. The van der Waals surface area contributed by atoms with E-state index in [1.807, 2.05) is 26.0 Å². The Morgan fingerprint density at radius 1 is 1.17 bits per heavy atom. The van der Waals surface area contributed by atoms with Gasteiger partial charge in [-0.2, -0.15) is 0 Å². The van der Waals surface area contributed by atoms with E-state index in [1.54, 1.807) is 11.8 Å². The van der Waals surface area contributed by atoms with Crippen LogP contribution in [-0.4, -0.2) is 53.7 Å². The van der Waals surface area contributed by atoms with Crippen LogP contribution in [0.2, 0.25) is 0 Å².